The van der Waals surface area contributed by atoms with E-state index in [0.717, 1.165) is 39.7 Å². The molecule has 0 spiro atoms. The summed E-state index contributed by atoms with van der Waals surface area (Å²) >= 11 is 0. The zero-order valence-electron chi connectivity index (χ0n) is 13.4. The first-order valence-electron chi connectivity index (χ1n) is 7.85. The summed E-state index contributed by atoms with van der Waals surface area (Å²) in [4.78, 5) is 4.50. The van der Waals surface area contributed by atoms with E-state index in [1.54, 1.807) is 0 Å². The summed E-state index contributed by atoms with van der Waals surface area (Å²) in [6, 6.07) is 11.9. The van der Waals surface area contributed by atoms with E-state index < -0.39 is 0 Å². The number of nitrogens with one attached hydrogen (secondary N) is 2. The summed E-state index contributed by atoms with van der Waals surface area (Å²) in [5.41, 5.74) is 5.17. The van der Waals surface area contributed by atoms with Crippen LogP contribution in [-0.4, -0.2) is 22.0 Å². The van der Waals surface area contributed by atoms with Crippen LogP contribution in [0.3, 0.4) is 0 Å². The van der Waals surface area contributed by atoms with Gasteiger partial charge in [0.25, 0.3) is 0 Å². The van der Waals surface area contributed by atoms with Gasteiger partial charge in [-0.25, -0.2) is 0 Å². The number of aromatic nitrogens is 3. The molecule has 0 saturated heterocycles. The lowest BCUT2D eigenvalue weighted by atomic mass is 10.1. The quantitative estimate of drug-likeness (QED) is 0.756. The van der Waals surface area contributed by atoms with Gasteiger partial charge in [0.05, 0.1) is 17.6 Å². The van der Waals surface area contributed by atoms with E-state index in [2.05, 4.69) is 20.5 Å². The Morgan fingerprint density at radius 2 is 2.04 bits per heavy atom. The van der Waals surface area contributed by atoms with Crippen LogP contribution in [0.2, 0.25) is 0 Å². The third kappa shape index (κ3) is 2.96. The van der Waals surface area contributed by atoms with Crippen LogP contribution < -0.4 is 14.8 Å². The van der Waals surface area contributed by atoms with Gasteiger partial charge >= 0.3 is 0 Å². The van der Waals surface area contributed by atoms with Gasteiger partial charge in [0, 0.05) is 29.9 Å². The maximum Gasteiger partial charge on any atom is 0.231 e. The average molecular weight is 322 g/mol. The SMILES string of the molecule is Cc1cccc(CNCc2cn[nH]c2-c2ccc3c(c2)OCO3)n1. The van der Waals surface area contributed by atoms with Crippen molar-refractivity contribution in [2.24, 2.45) is 0 Å². The standard InChI is InChI=1S/C18H18N4O2/c1-12-3-2-4-15(21-12)10-19-8-14-9-20-22-18(14)13-5-6-16-17(7-13)24-11-23-16/h2-7,9,19H,8,10-11H2,1H3,(H,20,22). The number of aryl methyl sites for hydroxylation is 1. The second kappa shape index (κ2) is 6.33. The summed E-state index contributed by atoms with van der Waals surface area (Å²) in [5, 5.41) is 10.7. The van der Waals surface area contributed by atoms with Crippen LogP contribution >= 0.6 is 0 Å². The van der Waals surface area contributed by atoms with Crippen molar-refractivity contribution < 1.29 is 9.47 Å². The number of rotatable bonds is 5. The van der Waals surface area contributed by atoms with E-state index in [4.69, 9.17) is 9.47 Å². The summed E-state index contributed by atoms with van der Waals surface area (Å²) in [7, 11) is 0. The van der Waals surface area contributed by atoms with Crippen LogP contribution in [0.15, 0.2) is 42.6 Å². The molecule has 0 amide bonds. The number of benzene rings is 1. The van der Waals surface area contributed by atoms with Gasteiger partial charge in [0.15, 0.2) is 11.5 Å². The molecule has 0 aliphatic carbocycles. The molecule has 1 aromatic carbocycles. The maximum atomic E-state index is 5.45. The summed E-state index contributed by atoms with van der Waals surface area (Å²) in [6.45, 7) is 3.69. The molecule has 0 bridgehead atoms. The maximum absolute atomic E-state index is 5.45. The van der Waals surface area contributed by atoms with E-state index in [0.29, 0.717) is 13.1 Å². The van der Waals surface area contributed by atoms with Crippen LogP contribution in [0.4, 0.5) is 0 Å². The molecular weight excluding hydrogens is 304 g/mol. The van der Waals surface area contributed by atoms with Gasteiger partial charge in [-0.2, -0.15) is 5.10 Å². The van der Waals surface area contributed by atoms with E-state index >= 15 is 0 Å². The van der Waals surface area contributed by atoms with Crippen molar-refractivity contribution in [1.82, 2.24) is 20.5 Å². The van der Waals surface area contributed by atoms with Crippen molar-refractivity contribution in [2.75, 3.05) is 6.79 Å². The highest BCUT2D eigenvalue weighted by atomic mass is 16.7. The molecule has 4 rings (SSSR count). The Labute approximate surface area is 139 Å². The number of hydrogen-bond acceptors (Lipinski definition) is 5. The molecule has 0 atom stereocenters. The number of hydrogen-bond donors (Lipinski definition) is 2. The number of ether oxygens (including phenoxy) is 2. The van der Waals surface area contributed by atoms with E-state index in [1.165, 1.54) is 0 Å². The number of nitrogens with zero attached hydrogens (tertiary/aromatic N) is 2. The Balaban J connectivity index is 1.47. The highest BCUT2D eigenvalue weighted by Crippen LogP contribution is 2.36. The van der Waals surface area contributed by atoms with Crippen molar-refractivity contribution in [1.29, 1.82) is 0 Å². The molecule has 3 aromatic rings. The molecule has 2 aromatic heterocycles. The molecule has 122 valence electrons. The molecule has 2 N–H and O–H groups in total. The van der Waals surface area contributed by atoms with Crippen LogP contribution in [0.1, 0.15) is 17.0 Å². The molecule has 24 heavy (non-hydrogen) atoms. The Hall–Kier alpha value is -2.86. The summed E-state index contributed by atoms with van der Waals surface area (Å²) in [6.07, 6.45) is 1.84. The Morgan fingerprint density at radius 1 is 1.12 bits per heavy atom. The second-order valence-corrected chi connectivity index (χ2v) is 5.71. The first-order valence-corrected chi connectivity index (χ1v) is 7.85. The number of H-pyrrole nitrogens is 1. The topological polar surface area (TPSA) is 72.1 Å². The fourth-order valence-electron chi connectivity index (χ4n) is 2.77. The highest BCUT2D eigenvalue weighted by molar-refractivity contribution is 5.66. The smallest absolute Gasteiger partial charge is 0.231 e. The minimum atomic E-state index is 0.277. The summed E-state index contributed by atoms with van der Waals surface area (Å²) in [5.74, 6) is 1.55. The fraction of sp³-hybridized carbons (Fsp3) is 0.222. The predicted octanol–water partition coefficient (Wildman–Crippen LogP) is 2.80. The van der Waals surface area contributed by atoms with Crippen LogP contribution in [0.5, 0.6) is 11.5 Å². The van der Waals surface area contributed by atoms with Crippen LogP contribution in [0.25, 0.3) is 11.3 Å². The molecule has 0 fully saturated rings. The second-order valence-electron chi connectivity index (χ2n) is 5.71. The van der Waals surface area contributed by atoms with Crippen molar-refractivity contribution in [3.63, 3.8) is 0 Å². The van der Waals surface area contributed by atoms with Gasteiger partial charge in [0.2, 0.25) is 6.79 Å². The zero-order chi connectivity index (χ0) is 16.4. The Morgan fingerprint density at radius 3 is 2.96 bits per heavy atom. The third-order valence-corrected chi connectivity index (χ3v) is 3.95. The fourth-order valence-corrected chi connectivity index (χ4v) is 2.77. The molecule has 6 heteroatoms. The molecule has 0 saturated carbocycles. The molecule has 3 heterocycles. The van der Waals surface area contributed by atoms with Gasteiger partial charge in [-0.3, -0.25) is 10.1 Å². The third-order valence-electron chi connectivity index (χ3n) is 3.95. The molecule has 0 radical (unpaired) electrons. The van der Waals surface area contributed by atoms with E-state index in [1.807, 2.05) is 49.5 Å². The van der Waals surface area contributed by atoms with Crippen LogP contribution in [-0.2, 0) is 13.1 Å². The normalized spacial score (nSPS) is 12.5. The van der Waals surface area contributed by atoms with E-state index in [-0.39, 0.29) is 6.79 Å². The Kier molecular flexibility index (Phi) is 3.88. The van der Waals surface area contributed by atoms with E-state index in [9.17, 15) is 0 Å². The average Bonchev–Trinajstić information content (AvgIpc) is 3.23. The van der Waals surface area contributed by atoms with Gasteiger partial charge in [-0.15, -0.1) is 0 Å². The molecule has 1 aliphatic rings. The molecule has 6 nitrogen and oxygen atoms in total. The molecular formula is C18H18N4O2. The van der Waals surface area contributed by atoms with Gasteiger partial charge in [0.1, 0.15) is 0 Å². The minimum absolute atomic E-state index is 0.277. The summed E-state index contributed by atoms with van der Waals surface area (Å²) < 4.78 is 10.8. The number of pyridine rings is 1. The van der Waals surface area contributed by atoms with Crippen LogP contribution in [0, 0.1) is 6.92 Å². The number of aromatic amines is 1. The van der Waals surface area contributed by atoms with Gasteiger partial charge in [-0.1, -0.05) is 6.07 Å². The Bertz CT molecular complexity index is 860. The minimum Gasteiger partial charge on any atom is -0.454 e. The zero-order valence-corrected chi connectivity index (χ0v) is 13.4. The highest BCUT2D eigenvalue weighted by Gasteiger charge is 2.16. The first-order chi connectivity index (χ1) is 11.8. The molecule has 0 unspecified atom stereocenters. The monoisotopic (exact) mass is 322 g/mol. The van der Waals surface area contributed by atoms with Gasteiger partial charge in [-0.05, 0) is 37.3 Å². The first kappa shape index (κ1) is 14.7. The van der Waals surface area contributed by atoms with Crippen molar-refractivity contribution in [2.45, 2.75) is 20.0 Å². The largest absolute Gasteiger partial charge is 0.454 e. The molecule has 1 aliphatic heterocycles. The van der Waals surface area contributed by atoms with Gasteiger partial charge < -0.3 is 14.8 Å². The lowest BCUT2D eigenvalue weighted by molar-refractivity contribution is 0.174. The predicted molar refractivity (Wildman–Crippen MR) is 89.7 cm³/mol. The van der Waals surface area contributed by atoms with Crippen molar-refractivity contribution in [3.05, 3.63) is 59.5 Å². The lowest BCUT2D eigenvalue weighted by Crippen LogP contribution is -2.14. The number of fused-ring (bicyclic) bond motifs is 1. The van der Waals surface area contributed by atoms with Crippen molar-refractivity contribution >= 4 is 0 Å². The lowest BCUT2D eigenvalue weighted by Gasteiger charge is -2.07. The van der Waals surface area contributed by atoms with Crippen molar-refractivity contribution in [3.8, 4) is 22.8 Å².